The van der Waals surface area contributed by atoms with E-state index in [4.69, 9.17) is 0 Å². The second-order valence-electron chi connectivity index (χ2n) is 2.47. The van der Waals surface area contributed by atoms with Gasteiger partial charge in [0.1, 0.15) is 11.6 Å². The van der Waals surface area contributed by atoms with Gasteiger partial charge in [-0.2, -0.15) is 0 Å². The molecule has 0 radical (unpaired) electrons. The molecular weight excluding hydrogens is 266 g/mol. The van der Waals surface area contributed by atoms with Crippen LogP contribution < -0.4 is 0 Å². The Morgan fingerprint density at radius 3 is 1.92 bits per heavy atom. The molecule has 0 amide bonds. The first kappa shape index (κ1) is 10.6. The molecule has 0 unspecified atom stereocenters. The highest BCUT2D eigenvalue weighted by Gasteiger charge is 2.14. The summed E-state index contributed by atoms with van der Waals surface area (Å²) >= 11 is 2.64. The van der Waals surface area contributed by atoms with Crippen LogP contribution in [0.5, 0.6) is 0 Å². The Morgan fingerprint density at radius 2 is 1.62 bits per heavy atom. The minimum absolute atomic E-state index is 0.361. The van der Waals surface area contributed by atoms with Crippen molar-refractivity contribution in [1.29, 1.82) is 0 Å². The number of halogens is 3. The molecule has 0 aliphatic carbocycles. The third-order valence-corrected chi connectivity index (χ3v) is 3.24. The van der Waals surface area contributed by atoms with Crippen LogP contribution in [-0.2, 0) is 9.84 Å². The molecule has 1 aromatic rings. The van der Waals surface area contributed by atoms with Crippen LogP contribution in [0, 0.1) is 11.6 Å². The van der Waals surface area contributed by atoms with Gasteiger partial charge in [-0.1, -0.05) is 0 Å². The summed E-state index contributed by atoms with van der Waals surface area (Å²) in [4.78, 5) is -0.370. The summed E-state index contributed by atoms with van der Waals surface area (Å²) in [5.74, 6) is -1.86. The molecule has 2 nitrogen and oxygen atoms in total. The molecule has 1 rings (SSSR count). The quantitative estimate of drug-likeness (QED) is 0.733. The average molecular weight is 271 g/mol. The Labute approximate surface area is 82.6 Å². The van der Waals surface area contributed by atoms with E-state index in [0.29, 0.717) is 0 Å². The molecule has 72 valence electrons. The van der Waals surface area contributed by atoms with E-state index >= 15 is 0 Å². The first-order valence-electron chi connectivity index (χ1n) is 3.17. The first-order chi connectivity index (χ1) is 5.82. The number of rotatable bonds is 1. The molecule has 13 heavy (non-hydrogen) atoms. The van der Waals surface area contributed by atoms with Gasteiger partial charge in [-0.3, -0.25) is 0 Å². The molecule has 0 N–H and O–H groups in total. The lowest BCUT2D eigenvalue weighted by atomic mass is 10.3. The van der Waals surface area contributed by atoms with Gasteiger partial charge in [-0.05, 0) is 28.1 Å². The smallest absolute Gasteiger partial charge is 0.175 e. The summed E-state index contributed by atoms with van der Waals surface area (Å²) in [6.07, 6.45) is 0.884. The lowest BCUT2D eigenvalue weighted by Crippen LogP contribution is -1.99. The molecule has 0 bridgehead atoms. The fraction of sp³-hybridized carbons (Fsp3) is 0.143. The largest absolute Gasteiger partial charge is 0.224 e. The van der Waals surface area contributed by atoms with E-state index in [1.54, 1.807) is 0 Å². The van der Waals surface area contributed by atoms with E-state index in [2.05, 4.69) is 15.9 Å². The molecule has 0 aliphatic heterocycles. The fourth-order valence-electron chi connectivity index (χ4n) is 0.746. The van der Waals surface area contributed by atoms with E-state index in [9.17, 15) is 17.2 Å². The van der Waals surface area contributed by atoms with Crippen LogP contribution in [0.1, 0.15) is 0 Å². The highest BCUT2D eigenvalue weighted by molar-refractivity contribution is 9.10. The maximum Gasteiger partial charge on any atom is 0.175 e. The van der Waals surface area contributed by atoms with E-state index in [0.717, 1.165) is 18.4 Å². The first-order valence-corrected chi connectivity index (χ1v) is 5.85. The van der Waals surface area contributed by atoms with Crippen LogP contribution in [-0.4, -0.2) is 14.7 Å². The van der Waals surface area contributed by atoms with Crippen molar-refractivity contribution in [3.05, 3.63) is 28.2 Å². The zero-order chi connectivity index (χ0) is 10.2. The van der Waals surface area contributed by atoms with Crippen molar-refractivity contribution in [1.82, 2.24) is 0 Å². The second kappa shape index (κ2) is 3.34. The molecule has 0 heterocycles. The van der Waals surface area contributed by atoms with Gasteiger partial charge in [-0.15, -0.1) is 0 Å². The molecule has 0 saturated carbocycles. The Hall–Kier alpha value is -0.490. The van der Waals surface area contributed by atoms with Crippen molar-refractivity contribution in [3.8, 4) is 0 Å². The maximum atomic E-state index is 12.8. The zero-order valence-electron chi connectivity index (χ0n) is 6.51. The van der Waals surface area contributed by atoms with Gasteiger partial charge in [0.05, 0.1) is 9.37 Å². The van der Waals surface area contributed by atoms with Crippen LogP contribution in [0.4, 0.5) is 8.78 Å². The van der Waals surface area contributed by atoms with Crippen molar-refractivity contribution in [2.45, 2.75) is 4.90 Å². The van der Waals surface area contributed by atoms with Crippen molar-refractivity contribution in [2.75, 3.05) is 6.26 Å². The van der Waals surface area contributed by atoms with Crippen molar-refractivity contribution in [2.24, 2.45) is 0 Å². The molecule has 1 aromatic carbocycles. The molecule has 0 spiro atoms. The van der Waals surface area contributed by atoms with E-state index < -0.39 is 21.5 Å². The summed E-state index contributed by atoms with van der Waals surface area (Å²) in [6.45, 7) is 0. The van der Waals surface area contributed by atoms with E-state index in [1.807, 2.05) is 0 Å². The SMILES string of the molecule is CS(=O)(=O)c1cc(F)c(Br)c(F)c1. The van der Waals surface area contributed by atoms with Crippen LogP contribution >= 0.6 is 15.9 Å². The number of hydrogen-bond donors (Lipinski definition) is 0. The summed E-state index contributed by atoms with van der Waals surface area (Å²) in [6, 6.07) is 1.53. The molecule has 6 heteroatoms. The van der Waals surface area contributed by atoms with E-state index in [1.165, 1.54) is 0 Å². The third kappa shape index (κ3) is 2.25. The van der Waals surface area contributed by atoms with Crippen LogP contribution in [0.15, 0.2) is 21.5 Å². The van der Waals surface area contributed by atoms with Gasteiger partial charge in [-0.25, -0.2) is 17.2 Å². The van der Waals surface area contributed by atoms with E-state index in [-0.39, 0.29) is 9.37 Å². The van der Waals surface area contributed by atoms with Crippen molar-refractivity contribution < 1.29 is 17.2 Å². The molecule has 0 aliphatic rings. The fourth-order valence-corrected chi connectivity index (χ4v) is 1.61. The highest BCUT2D eigenvalue weighted by Crippen LogP contribution is 2.23. The third-order valence-electron chi connectivity index (χ3n) is 1.39. The number of benzene rings is 1. The van der Waals surface area contributed by atoms with Crippen LogP contribution in [0.3, 0.4) is 0 Å². The second-order valence-corrected chi connectivity index (χ2v) is 5.28. The number of sulfone groups is 1. The maximum absolute atomic E-state index is 12.8. The molecule has 0 saturated heterocycles. The Morgan fingerprint density at radius 1 is 1.23 bits per heavy atom. The molecule has 0 aromatic heterocycles. The predicted octanol–water partition coefficient (Wildman–Crippen LogP) is 2.13. The van der Waals surface area contributed by atoms with Gasteiger partial charge in [0.15, 0.2) is 9.84 Å². The minimum atomic E-state index is -3.57. The normalized spacial score (nSPS) is 11.7. The van der Waals surface area contributed by atoms with Gasteiger partial charge >= 0.3 is 0 Å². The van der Waals surface area contributed by atoms with Crippen LogP contribution in [0.25, 0.3) is 0 Å². The van der Waals surface area contributed by atoms with Crippen molar-refractivity contribution >= 4 is 25.8 Å². The summed E-state index contributed by atoms with van der Waals surface area (Å²) in [7, 11) is -3.57. The lowest BCUT2D eigenvalue weighted by molar-refractivity contribution is 0.559. The monoisotopic (exact) mass is 270 g/mol. The van der Waals surface area contributed by atoms with Gasteiger partial charge in [0, 0.05) is 6.26 Å². The Kier molecular flexibility index (Phi) is 2.72. The summed E-state index contributed by atoms with van der Waals surface area (Å²) < 4.78 is 47.1. The van der Waals surface area contributed by atoms with Gasteiger partial charge in [0.25, 0.3) is 0 Å². The lowest BCUT2D eigenvalue weighted by Gasteiger charge is -2.01. The molecule has 0 fully saturated rings. The molecule has 0 atom stereocenters. The Bertz CT molecular complexity index is 419. The average Bonchev–Trinajstić information content (AvgIpc) is 1.97. The van der Waals surface area contributed by atoms with Gasteiger partial charge < -0.3 is 0 Å². The zero-order valence-corrected chi connectivity index (χ0v) is 8.92. The summed E-state index contributed by atoms with van der Waals surface area (Å²) in [5, 5.41) is 0. The Balaban J connectivity index is 3.47. The van der Waals surface area contributed by atoms with Crippen LogP contribution in [0.2, 0.25) is 0 Å². The van der Waals surface area contributed by atoms with Gasteiger partial charge in [0.2, 0.25) is 0 Å². The molecular formula is C7H5BrF2O2S. The highest BCUT2D eigenvalue weighted by atomic mass is 79.9. The summed E-state index contributed by atoms with van der Waals surface area (Å²) in [5.41, 5.74) is 0. The number of hydrogen-bond acceptors (Lipinski definition) is 2. The predicted molar refractivity (Wildman–Crippen MR) is 47.2 cm³/mol. The minimum Gasteiger partial charge on any atom is -0.224 e. The standard InChI is InChI=1S/C7H5BrF2O2S/c1-13(11,12)4-2-5(9)7(8)6(10)3-4/h2-3H,1H3. The topological polar surface area (TPSA) is 34.1 Å². The van der Waals surface area contributed by atoms with Crippen molar-refractivity contribution in [3.63, 3.8) is 0 Å².